The lowest BCUT2D eigenvalue weighted by atomic mass is 10.0. The summed E-state index contributed by atoms with van der Waals surface area (Å²) in [5, 5.41) is 4.58. The van der Waals surface area contributed by atoms with E-state index in [-0.39, 0.29) is 18.4 Å². The number of aryl methyl sites for hydroxylation is 1. The Morgan fingerprint density at radius 3 is 2.92 bits per heavy atom. The Kier molecular flexibility index (Phi) is 3.67. The lowest BCUT2D eigenvalue weighted by molar-refractivity contribution is 0.356. The van der Waals surface area contributed by atoms with E-state index >= 15 is 0 Å². The molecule has 3 aromatic rings. The molecule has 0 unspecified atom stereocenters. The number of hydrogen-bond donors (Lipinski definition) is 0. The Balaban J connectivity index is 1.73. The molecule has 1 aromatic carbocycles. The smallest absolute Gasteiger partial charge is 0.153 e. The summed E-state index contributed by atoms with van der Waals surface area (Å²) in [4.78, 5) is 6.37. The molecule has 1 aliphatic rings. The lowest BCUT2D eigenvalue weighted by Gasteiger charge is -2.25. The zero-order valence-corrected chi connectivity index (χ0v) is 13.4. The standard InChI is InChI=1S/C18H18F2N4/c1-2-15-11-24-17(21-15)6-7-18(22-24)23-10-14(20)9-16(23)12-4-3-5-13(19)8-12/h3-8,11,14,16H,2,9-10H2,1H3/t14-,16+/m1/s1. The highest BCUT2D eigenvalue weighted by molar-refractivity contribution is 5.49. The molecule has 0 amide bonds. The van der Waals surface area contributed by atoms with Crippen LogP contribution in [-0.4, -0.2) is 27.3 Å². The minimum absolute atomic E-state index is 0.213. The van der Waals surface area contributed by atoms with Gasteiger partial charge in [-0.2, -0.15) is 0 Å². The number of nitrogens with zero attached hydrogens (tertiary/aromatic N) is 4. The van der Waals surface area contributed by atoms with Crippen LogP contribution >= 0.6 is 0 Å². The minimum Gasteiger partial charge on any atom is -0.345 e. The van der Waals surface area contributed by atoms with Crippen LogP contribution in [0.1, 0.15) is 30.6 Å². The molecule has 3 heterocycles. The average molecular weight is 328 g/mol. The highest BCUT2D eigenvalue weighted by Crippen LogP contribution is 2.36. The summed E-state index contributed by atoms with van der Waals surface area (Å²) in [6.45, 7) is 2.30. The molecule has 124 valence electrons. The summed E-state index contributed by atoms with van der Waals surface area (Å²) < 4.78 is 29.4. The van der Waals surface area contributed by atoms with Gasteiger partial charge in [0.25, 0.3) is 0 Å². The fourth-order valence-corrected chi connectivity index (χ4v) is 3.31. The second kappa shape index (κ2) is 5.85. The van der Waals surface area contributed by atoms with Gasteiger partial charge in [-0.05, 0) is 36.2 Å². The largest absolute Gasteiger partial charge is 0.345 e. The van der Waals surface area contributed by atoms with E-state index in [1.165, 1.54) is 12.1 Å². The number of alkyl halides is 1. The number of fused-ring (bicyclic) bond motifs is 1. The first-order valence-corrected chi connectivity index (χ1v) is 8.15. The first-order valence-electron chi connectivity index (χ1n) is 8.15. The zero-order valence-electron chi connectivity index (χ0n) is 13.4. The number of rotatable bonds is 3. The van der Waals surface area contributed by atoms with Gasteiger partial charge in [-0.15, -0.1) is 5.10 Å². The fourth-order valence-electron chi connectivity index (χ4n) is 3.31. The van der Waals surface area contributed by atoms with Crippen molar-refractivity contribution in [3.8, 4) is 0 Å². The van der Waals surface area contributed by atoms with E-state index in [4.69, 9.17) is 0 Å². The van der Waals surface area contributed by atoms with Crippen molar-refractivity contribution in [1.29, 1.82) is 0 Å². The monoisotopic (exact) mass is 328 g/mol. The lowest BCUT2D eigenvalue weighted by Crippen LogP contribution is -2.25. The van der Waals surface area contributed by atoms with Crippen LogP contribution in [0.4, 0.5) is 14.6 Å². The molecule has 2 atom stereocenters. The molecule has 2 aromatic heterocycles. The molecule has 24 heavy (non-hydrogen) atoms. The molecule has 0 aliphatic carbocycles. The summed E-state index contributed by atoms with van der Waals surface area (Å²) in [5.74, 6) is 0.373. The second-order valence-electron chi connectivity index (χ2n) is 6.14. The van der Waals surface area contributed by atoms with E-state index in [0.29, 0.717) is 12.2 Å². The number of benzene rings is 1. The molecule has 0 N–H and O–H groups in total. The van der Waals surface area contributed by atoms with Gasteiger partial charge in [0.1, 0.15) is 17.8 Å². The molecule has 4 nitrogen and oxygen atoms in total. The van der Waals surface area contributed by atoms with Crippen molar-refractivity contribution in [2.24, 2.45) is 0 Å². The number of aromatic nitrogens is 3. The predicted molar refractivity (Wildman–Crippen MR) is 88.4 cm³/mol. The van der Waals surface area contributed by atoms with E-state index in [1.807, 2.05) is 36.2 Å². The number of halogens is 2. The quantitative estimate of drug-likeness (QED) is 0.735. The third kappa shape index (κ3) is 2.62. The van der Waals surface area contributed by atoms with Gasteiger partial charge in [-0.3, -0.25) is 0 Å². The summed E-state index contributed by atoms with van der Waals surface area (Å²) in [6.07, 6.45) is 2.11. The SMILES string of the molecule is CCc1cn2nc(N3C[C@H](F)C[C@H]3c3cccc(F)c3)ccc2n1. The Morgan fingerprint density at radius 2 is 2.12 bits per heavy atom. The van der Waals surface area contributed by atoms with Crippen LogP contribution in [0.25, 0.3) is 5.65 Å². The maximum absolute atomic E-state index is 14.1. The van der Waals surface area contributed by atoms with Gasteiger partial charge in [-0.1, -0.05) is 19.1 Å². The van der Waals surface area contributed by atoms with Crippen molar-refractivity contribution in [1.82, 2.24) is 14.6 Å². The molecule has 0 spiro atoms. The van der Waals surface area contributed by atoms with Gasteiger partial charge in [0, 0.05) is 6.42 Å². The molecule has 1 aliphatic heterocycles. The molecule has 1 fully saturated rings. The van der Waals surface area contributed by atoms with E-state index in [1.54, 1.807) is 10.6 Å². The molecule has 0 saturated carbocycles. The summed E-state index contributed by atoms with van der Waals surface area (Å²) in [6, 6.07) is 9.90. The van der Waals surface area contributed by atoms with Gasteiger partial charge >= 0.3 is 0 Å². The average Bonchev–Trinajstić information content (AvgIpc) is 3.17. The summed E-state index contributed by atoms with van der Waals surface area (Å²) >= 11 is 0. The van der Waals surface area contributed by atoms with Crippen LogP contribution < -0.4 is 4.90 Å². The van der Waals surface area contributed by atoms with Crippen LogP contribution in [0.2, 0.25) is 0 Å². The molecular weight excluding hydrogens is 310 g/mol. The van der Waals surface area contributed by atoms with E-state index < -0.39 is 6.17 Å². The van der Waals surface area contributed by atoms with Gasteiger partial charge in [0.05, 0.1) is 24.5 Å². The molecule has 0 bridgehead atoms. The van der Waals surface area contributed by atoms with Crippen LogP contribution in [-0.2, 0) is 6.42 Å². The Hall–Kier alpha value is -2.50. The summed E-state index contributed by atoms with van der Waals surface area (Å²) in [7, 11) is 0. The highest BCUT2D eigenvalue weighted by atomic mass is 19.1. The van der Waals surface area contributed by atoms with Crippen molar-refractivity contribution >= 4 is 11.5 Å². The molecular formula is C18H18F2N4. The summed E-state index contributed by atoms with van der Waals surface area (Å²) in [5.41, 5.74) is 2.51. The molecule has 4 rings (SSSR count). The number of anilines is 1. The molecule has 1 saturated heterocycles. The van der Waals surface area contributed by atoms with Crippen molar-refractivity contribution in [3.05, 3.63) is 59.7 Å². The van der Waals surface area contributed by atoms with Gasteiger partial charge in [0.2, 0.25) is 0 Å². The van der Waals surface area contributed by atoms with E-state index in [2.05, 4.69) is 10.1 Å². The van der Waals surface area contributed by atoms with Crippen molar-refractivity contribution in [3.63, 3.8) is 0 Å². The topological polar surface area (TPSA) is 33.4 Å². The fraction of sp³-hybridized carbons (Fsp3) is 0.333. The van der Waals surface area contributed by atoms with Gasteiger partial charge in [-0.25, -0.2) is 18.3 Å². The minimum atomic E-state index is -0.954. The Morgan fingerprint density at radius 1 is 1.25 bits per heavy atom. The van der Waals surface area contributed by atoms with Gasteiger partial charge < -0.3 is 4.90 Å². The Bertz CT molecular complexity index is 876. The van der Waals surface area contributed by atoms with Crippen molar-refractivity contribution < 1.29 is 8.78 Å². The van der Waals surface area contributed by atoms with Crippen LogP contribution in [0.3, 0.4) is 0 Å². The molecule has 6 heteroatoms. The van der Waals surface area contributed by atoms with Crippen LogP contribution in [0.15, 0.2) is 42.6 Å². The third-order valence-corrected chi connectivity index (χ3v) is 4.50. The normalized spacial score (nSPS) is 20.9. The zero-order chi connectivity index (χ0) is 16.7. The highest BCUT2D eigenvalue weighted by Gasteiger charge is 2.34. The first-order chi connectivity index (χ1) is 11.6. The second-order valence-corrected chi connectivity index (χ2v) is 6.14. The first kappa shape index (κ1) is 15.1. The number of hydrogen-bond acceptors (Lipinski definition) is 3. The van der Waals surface area contributed by atoms with E-state index in [0.717, 1.165) is 23.3 Å². The van der Waals surface area contributed by atoms with Gasteiger partial charge in [0.15, 0.2) is 5.65 Å². The maximum Gasteiger partial charge on any atom is 0.153 e. The maximum atomic E-state index is 14.1. The Labute approximate surface area is 138 Å². The van der Waals surface area contributed by atoms with Crippen LogP contribution in [0.5, 0.6) is 0 Å². The molecule has 0 radical (unpaired) electrons. The number of imidazole rings is 1. The van der Waals surface area contributed by atoms with Crippen molar-refractivity contribution in [2.45, 2.75) is 32.0 Å². The third-order valence-electron chi connectivity index (χ3n) is 4.50. The van der Waals surface area contributed by atoms with E-state index in [9.17, 15) is 8.78 Å². The van der Waals surface area contributed by atoms with Crippen LogP contribution in [0, 0.1) is 5.82 Å². The predicted octanol–water partition coefficient (Wildman–Crippen LogP) is 3.72. The van der Waals surface area contributed by atoms with Crippen molar-refractivity contribution in [2.75, 3.05) is 11.4 Å².